The van der Waals surface area contributed by atoms with Gasteiger partial charge in [0.05, 0.1) is 10.5 Å². The highest BCUT2D eigenvalue weighted by Crippen LogP contribution is 2.39. The van der Waals surface area contributed by atoms with Gasteiger partial charge in [-0.25, -0.2) is 13.1 Å². The van der Waals surface area contributed by atoms with E-state index in [1.807, 2.05) is 0 Å². The Bertz CT molecular complexity index is 753. The summed E-state index contributed by atoms with van der Waals surface area (Å²) >= 11 is 5.77. The number of likely N-dealkylation sites (tertiary alicyclic amines) is 1. The number of rotatable bonds is 5. The summed E-state index contributed by atoms with van der Waals surface area (Å²) in [7, 11) is -3.65. The van der Waals surface area contributed by atoms with Crippen molar-refractivity contribution >= 4 is 27.5 Å². The molecule has 0 spiro atoms. The molecule has 1 aromatic rings. The Morgan fingerprint density at radius 3 is 2.73 bits per heavy atom. The van der Waals surface area contributed by atoms with E-state index in [1.165, 1.54) is 24.3 Å². The first-order valence-electron chi connectivity index (χ1n) is 9.06. The second-order valence-corrected chi connectivity index (χ2v) is 9.44. The van der Waals surface area contributed by atoms with Gasteiger partial charge in [0.15, 0.2) is 0 Å². The number of carbonyl (C=O) groups excluding carboxylic acids is 1. The molecule has 1 saturated carbocycles. The molecule has 1 saturated heterocycles. The molecule has 26 heavy (non-hydrogen) atoms. The predicted molar refractivity (Wildman–Crippen MR) is 99.4 cm³/mol. The highest BCUT2D eigenvalue weighted by molar-refractivity contribution is 7.89. The molecule has 2 atom stereocenters. The second-order valence-electron chi connectivity index (χ2n) is 7.24. The number of benzene rings is 1. The number of carbonyl (C=O) groups is 1. The van der Waals surface area contributed by atoms with E-state index in [9.17, 15) is 18.3 Å². The van der Waals surface area contributed by atoms with Crippen LogP contribution < -0.4 is 4.72 Å². The lowest BCUT2D eigenvalue weighted by molar-refractivity contribution is -0.143. The number of nitrogens with one attached hydrogen (secondary N) is 1. The molecule has 3 rings (SSSR count). The van der Waals surface area contributed by atoms with Gasteiger partial charge in [-0.2, -0.15) is 0 Å². The molecule has 0 unspecified atom stereocenters. The van der Waals surface area contributed by atoms with E-state index in [0.717, 1.165) is 25.7 Å². The zero-order valence-electron chi connectivity index (χ0n) is 14.7. The largest absolute Gasteiger partial charge is 0.389 e. The summed E-state index contributed by atoms with van der Waals surface area (Å²) in [5, 5.41) is 11.1. The van der Waals surface area contributed by atoms with E-state index in [4.69, 9.17) is 11.6 Å². The molecule has 1 aliphatic carbocycles. The van der Waals surface area contributed by atoms with Gasteiger partial charge in [0.25, 0.3) is 0 Å². The second kappa shape index (κ2) is 7.84. The Labute approximate surface area is 159 Å². The minimum atomic E-state index is -3.65. The van der Waals surface area contributed by atoms with E-state index in [-0.39, 0.29) is 29.7 Å². The van der Waals surface area contributed by atoms with E-state index >= 15 is 0 Å². The van der Waals surface area contributed by atoms with Crippen LogP contribution in [0.5, 0.6) is 0 Å². The van der Waals surface area contributed by atoms with Crippen molar-refractivity contribution in [3.8, 4) is 0 Å². The van der Waals surface area contributed by atoms with Crippen LogP contribution in [0.15, 0.2) is 29.2 Å². The van der Waals surface area contributed by atoms with E-state index < -0.39 is 15.6 Å². The predicted octanol–water partition coefficient (Wildman–Crippen LogP) is 2.16. The van der Waals surface area contributed by atoms with Gasteiger partial charge in [0.1, 0.15) is 0 Å². The Kier molecular flexibility index (Phi) is 5.91. The smallest absolute Gasteiger partial charge is 0.240 e. The van der Waals surface area contributed by atoms with Crippen LogP contribution in [0.1, 0.15) is 38.5 Å². The SMILES string of the molecule is O=C(CCNS(=O)(=O)c1ccc(Cl)cc1)N1CC[C@@]2(O)CCCC[C@H]2C1. The standard InChI is InChI=1S/C18H25ClN2O4S/c19-15-4-6-16(7-5-15)26(24,25)20-11-8-17(22)21-12-10-18(23)9-2-1-3-14(18)13-21/h4-7,14,20,23H,1-3,8-13H2/t14-,18-/m0/s1. The van der Waals surface area contributed by atoms with Gasteiger partial charge in [-0.05, 0) is 43.5 Å². The average Bonchev–Trinajstić information content (AvgIpc) is 2.61. The summed E-state index contributed by atoms with van der Waals surface area (Å²) in [5.74, 6) is 0.0659. The number of aliphatic hydroxyl groups is 1. The van der Waals surface area contributed by atoms with Crippen molar-refractivity contribution in [2.24, 2.45) is 5.92 Å². The highest BCUT2D eigenvalue weighted by atomic mass is 35.5. The average molecular weight is 401 g/mol. The van der Waals surface area contributed by atoms with Crippen LogP contribution in [0.4, 0.5) is 0 Å². The van der Waals surface area contributed by atoms with Crippen molar-refractivity contribution in [2.75, 3.05) is 19.6 Å². The maximum Gasteiger partial charge on any atom is 0.240 e. The number of halogens is 1. The molecule has 8 heteroatoms. The van der Waals surface area contributed by atoms with E-state index in [0.29, 0.717) is 24.5 Å². The van der Waals surface area contributed by atoms with Gasteiger partial charge in [-0.3, -0.25) is 4.79 Å². The highest BCUT2D eigenvalue weighted by Gasteiger charge is 2.43. The van der Waals surface area contributed by atoms with Gasteiger partial charge in [-0.15, -0.1) is 0 Å². The minimum Gasteiger partial charge on any atom is -0.389 e. The third-order valence-electron chi connectivity index (χ3n) is 5.54. The fraction of sp³-hybridized carbons (Fsp3) is 0.611. The minimum absolute atomic E-state index is 0.0508. The lowest BCUT2D eigenvalue weighted by Gasteiger charge is -2.47. The normalized spacial score (nSPS) is 26.4. The number of nitrogens with zero attached hydrogens (tertiary/aromatic N) is 1. The Hall–Kier alpha value is -1.15. The summed E-state index contributed by atoms with van der Waals surface area (Å²) < 4.78 is 26.9. The molecular weight excluding hydrogens is 376 g/mol. The molecule has 2 N–H and O–H groups in total. The van der Waals surface area contributed by atoms with Crippen LogP contribution in [-0.4, -0.2) is 49.6 Å². The lowest BCUT2D eigenvalue weighted by atomic mass is 9.71. The number of hydrogen-bond donors (Lipinski definition) is 2. The van der Waals surface area contributed by atoms with Gasteiger partial charge in [-0.1, -0.05) is 24.4 Å². The third-order valence-corrected chi connectivity index (χ3v) is 7.26. The van der Waals surface area contributed by atoms with Crippen molar-refractivity contribution in [1.29, 1.82) is 0 Å². The summed E-state index contributed by atoms with van der Waals surface area (Å²) in [5.41, 5.74) is -0.620. The molecule has 2 fully saturated rings. The molecule has 144 valence electrons. The summed E-state index contributed by atoms with van der Waals surface area (Å²) in [6.45, 7) is 1.16. The first-order valence-corrected chi connectivity index (χ1v) is 10.9. The molecule has 0 bridgehead atoms. The lowest BCUT2D eigenvalue weighted by Crippen LogP contribution is -2.54. The number of piperidine rings is 1. The van der Waals surface area contributed by atoms with Gasteiger partial charge in [0.2, 0.25) is 15.9 Å². The quantitative estimate of drug-likeness (QED) is 0.792. The van der Waals surface area contributed by atoms with Crippen LogP contribution in [-0.2, 0) is 14.8 Å². The Balaban J connectivity index is 1.50. The van der Waals surface area contributed by atoms with Crippen LogP contribution in [0, 0.1) is 5.92 Å². The number of fused-ring (bicyclic) bond motifs is 1. The van der Waals surface area contributed by atoms with Crippen molar-refractivity contribution in [1.82, 2.24) is 9.62 Å². The third kappa shape index (κ3) is 4.39. The van der Waals surface area contributed by atoms with Crippen LogP contribution in [0.2, 0.25) is 5.02 Å². The fourth-order valence-electron chi connectivity index (χ4n) is 3.94. The maximum atomic E-state index is 12.4. The maximum absolute atomic E-state index is 12.4. The molecule has 0 radical (unpaired) electrons. The Morgan fingerprint density at radius 2 is 2.00 bits per heavy atom. The first-order chi connectivity index (χ1) is 12.3. The van der Waals surface area contributed by atoms with E-state index in [2.05, 4.69) is 4.72 Å². The van der Waals surface area contributed by atoms with Crippen LogP contribution >= 0.6 is 11.6 Å². The van der Waals surface area contributed by atoms with E-state index in [1.54, 1.807) is 4.90 Å². The van der Waals surface area contributed by atoms with Crippen molar-refractivity contribution in [2.45, 2.75) is 49.0 Å². The molecule has 0 aromatic heterocycles. The molecular formula is C18H25ClN2O4S. The first kappa shape index (κ1) is 19.6. The number of hydrogen-bond acceptors (Lipinski definition) is 4. The summed E-state index contributed by atoms with van der Waals surface area (Å²) in [6.07, 6.45) is 4.63. The molecule has 6 nitrogen and oxygen atoms in total. The zero-order valence-corrected chi connectivity index (χ0v) is 16.2. The number of sulfonamides is 1. The molecule has 1 heterocycles. The number of amides is 1. The topological polar surface area (TPSA) is 86.7 Å². The molecule has 2 aliphatic rings. The van der Waals surface area contributed by atoms with Gasteiger partial charge < -0.3 is 10.0 Å². The van der Waals surface area contributed by atoms with Crippen LogP contribution in [0.3, 0.4) is 0 Å². The molecule has 1 aromatic carbocycles. The molecule has 1 aliphatic heterocycles. The van der Waals surface area contributed by atoms with Gasteiger partial charge in [0, 0.05) is 37.0 Å². The summed E-state index contributed by atoms with van der Waals surface area (Å²) in [4.78, 5) is 14.3. The van der Waals surface area contributed by atoms with Crippen molar-refractivity contribution in [3.63, 3.8) is 0 Å². The monoisotopic (exact) mass is 400 g/mol. The molecule has 1 amide bonds. The Morgan fingerprint density at radius 1 is 1.27 bits per heavy atom. The fourth-order valence-corrected chi connectivity index (χ4v) is 5.10. The van der Waals surface area contributed by atoms with Crippen molar-refractivity contribution in [3.05, 3.63) is 29.3 Å². The van der Waals surface area contributed by atoms with Gasteiger partial charge >= 0.3 is 0 Å². The summed E-state index contributed by atoms with van der Waals surface area (Å²) in [6, 6.07) is 5.89. The van der Waals surface area contributed by atoms with Crippen molar-refractivity contribution < 1.29 is 18.3 Å². The zero-order chi connectivity index (χ0) is 18.8. The van der Waals surface area contributed by atoms with Crippen LogP contribution in [0.25, 0.3) is 0 Å².